The van der Waals surface area contributed by atoms with E-state index >= 15 is 0 Å². The van der Waals surface area contributed by atoms with Gasteiger partial charge in [-0.3, -0.25) is 9.79 Å². The fourth-order valence-electron chi connectivity index (χ4n) is 3.28. The molecule has 2 aromatic rings. The maximum Gasteiger partial charge on any atom is 0.411 e. The lowest BCUT2D eigenvalue weighted by Crippen LogP contribution is -2.34. The summed E-state index contributed by atoms with van der Waals surface area (Å²) in [6.45, 7) is 10.3. The van der Waals surface area contributed by atoms with Gasteiger partial charge in [0, 0.05) is 17.1 Å². The number of halogens is 4. The lowest BCUT2D eigenvalue weighted by molar-refractivity contribution is -0.173. The minimum absolute atomic E-state index is 0.0624. The summed E-state index contributed by atoms with van der Waals surface area (Å²) >= 11 is 5.86. The molecule has 14 heteroatoms. The number of nitrogens with zero attached hydrogens (tertiary/aromatic N) is 3. The summed E-state index contributed by atoms with van der Waals surface area (Å²) in [4.78, 5) is 22.9. The van der Waals surface area contributed by atoms with E-state index in [1.165, 1.54) is 14.2 Å². The highest BCUT2D eigenvalue weighted by atomic mass is 35.5. The summed E-state index contributed by atoms with van der Waals surface area (Å²) in [6, 6.07) is 14.4. The number of terminal acetylenes is 1. The molecule has 2 aromatic carbocycles. The molecule has 0 heterocycles. The van der Waals surface area contributed by atoms with Crippen molar-refractivity contribution in [3.63, 3.8) is 0 Å². The second-order valence-corrected chi connectivity index (χ2v) is 9.16. The van der Waals surface area contributed by atoms with E-state index in [1.807, 2.05) is 32.1 Å². The number of nitrogens with two attached hydrogens (primary N) is 2. The molecule has 0 aliphatic heterocycles. The largest absolute Gasteiger partial charge is 0.450 e. The van der Waals surface area contributed by atoms with Crippen LogP contribution in [-0.4, -0.2) is 72.1 Å². The van der Waals surface area contributed by atoms with Gasteiger partial charge in [-0.1, -0.05) is 44.0 Å². The van der Waals surface area contributed by atoms with Crippen LogP contribution in [0.1, 0.15) is 55.5 Å². The van der Waals surface area contributed by atoms with Crippen LogP contribution in [0.15, 0.2) is 63.5 Å². The first-order chi connectivity index (χ1) is 22.0. The van der Waals surface area contributed by atoms with Crippen LogP contribution in [-0.2, 0) is 15.0 Å². The fourth-order valence-corrected chi connectivity index (χ4v) is 3.41. The lowest BCUT2D eigenvalue weighted by atomic mass is 10.1. The van der Waals surface area contributed by atoms with E-state index in [-0.39, 0.29) is 17.4 Å². The number of hydrogen-bond acceptors (Lipinski definition) is 7. The van der Waals surface area contributed by atoms with Crippen molar-refractivity contribution in [3.8, 4) is 12.5 Å². The Hall–Kier alpha value is -3.96. The number of unbranched alkanes of at least 4 members (excludes halogenated alkanes) is 1. The van der Waals surface area contributed by atoms with E-state index in [4.69, 9.17) is 17.3 Å². The van der Waals surface area contributed by atoms with Crippen molar-refractivity contribution in [2.24, 2.45) is 26.4 Å². The molecule has 1 amide bonds. The number of alkyl halides is 3. The Morgan fingerprint density at radius 2 is 1.65 bits per heavy atom. The van der Waals surface area contributed by atoms with Crippen LogP contribution in [0.3, 0.4) is 0 Å². The van der Waals surface area contributed by atoms with Gasteiger partial charge in [0.15, 0.2) is 0 Å². The van der Waals surface area contributed by atoms with Crippen LogP contribution >= 0.6 is 11.6 Å². The molecule has 1 saturated carbocycles. The van der Waals surface area contributed by atoms with Crippen molar-refractivity contribution < 1.29 is 27.4 Å². The number of hydrogen-bond donors (Lipinski definition) is 4. The number of methoxy groups -OCH3 is 1. The average molecular weight is 670 g/mol. The fraction of sp³-hybridized carbons (Fsp3) is 0.438. The summed E-state index contributed by atoms with van der Waals surface area (Å²) < 4.78 is 44.4. The van der Waals surface area contributed by atoms with Gasteiger partial charge in [0.05, 0.1) is 18.3 Å². The Labute approximate surface area is 275 Å². The molecule has 1 aliphatic carbocycles. The van der Waals surface area contributed by atoms with Crippen molar-refractivity contribution in [2.75, 3.05) is 40.6 Å². The third-order valence-electron chi connectivity index (χ3n) is 5.57. The van der Waals surface area contributed by atoms with Gasteiger partial charge in [0.1, 0.15) is 19.4 Å². The summed E-state index contributed by atoms with van der Waals surface area (Å²) in [5, 5.41) is 6.57. The molecule has 256 valence electrons. The molecular weight excluding hydrogens is 623 g/mol. The number of nitrogens with one attached hydrogen (secondary N) is 2. The summed E-state index contributed by atoms with van der Waals surface area (Å²) in [5.74, 6) is 0.0993. The molecule has 0 aromatic heterocycles. The molecular formula is C32H47ClF3N7O3. The van der Waals surface area contributed by atoms with Crippen molar-refractivity contribution >= 4 is 42.6 Å². The molecule has 0 atom stereocenters. The van der Waals surface area contributed by atoms with E-state index < -0.39 is 19.5 Å². The predicted molar refractivity (Wildman–Crippen MR) is 183 cm³/mol. The topological polar surface area (TPSA) is 149 Å². The molecule has 46 heavy (non-hydrogen) atoms. The Bertz CT molecular complexity index is 1180. The molecule has 0 unspecified atom stereocenters. The van der Waals surface area contributed by atoms with Crippen molar-refractivity contribution in [1.29, 1.82) is 0 Å². The van der Waals surface area contributed by atoms with Gasteiger partial charge in [-0.15, -0.1) is 0 Å². The summed E-state index contributed by atoms with van der Waals surface area (Å²) in [7, 11) is 2.94. The zero-order chi connectivity index (χ0) is 35.4. The highest BCUT2D eigenvalue weighted by molar-refractivity contribution is 6.30. The molecule has 1 fully saturated rings. The lowest BCUT2D eigenvalue weighted by Gasteiger charge is -2.18. The predicted octanol–water partition coefficient (Wildman–Crippen LogP) is 5.82. The molecule has 10 nitrogen and oxygen atoms in total. The molecule has 0 radical (unpaired) electrons. The van der Waals surface area contributed by atoms with Gasteiger partial charge in [-0.2, -0.15) is 13.2 Å². The quantitative estimate of drug-likeness (QED) is 0.103. The van der Waals surface area contributed by atoms with E-state index in [2.05, 4.69) is 60.7 Å². The van der Waals surface area contributed by atoms with E-state index in [9.17, 15) is 18.0 Å². The first-order valence-electron chi connectivity index (χ1n) is 14.4. The van der Waals surface area contributed by atoms with Gasteiger partial charge in [0.25, 0.3) is 5.91 Å². The van der Waals surface area contributed by atoms with E-state index in [0.29, 0.717) is 23.7 Å². The second kappa shape index (κ2) is 26.3. The normalized spacial score (nSPS) is 12.2. The Kier molecular flexibility index (Phi) is 25.2. The van der Waals surface area contributed by atoms with Crippen LogP contribution < -0.4 is 22.1 Å². The van der Waals surface area contributed by atoms with E-state index in [0.717, 1.165) is 36.9 Å². The van der Waals surface area contributed by atoms with Crippen molar-refractivity contribution in [1.82, 2.24) is 10.6 Å². The van der Waals surface area contributed by atoms with Gasteiger partial charge in [0.2, 0.25) is 5.96 Å². The van der Waals surface area contributed by atoms with Crippen molar-refractivity contribution in [3.05, 3.63) is 64.7 Å². The zero-order valence-electron chi connectivity index (χ0n) is 27.0. The number of rotatable bonds is 11. The van der Waals surface area contributed by atoms with Gasteiger partial charge >= 0.3 is 6.18 Å². The smallest absolute Gasteiger partial charge is 0.411 e. The molecule has 3 rings (SSSR count). The van der Waals surface area contributed by atoms with E-state index in [1.54, 1.807) is 36.4 Å². The maximum atomic E-state index is 12.0. The first-order valence-corrected chi connectivity index (χ1v) is 14.7. The Morgan fingerprint density at radius 3 is 2.09 bits per heavy atom. The number of benzene rings is 2. The maximum absolute atomic E-state index is 12.0. The molecule has 0 bridgehead atoms. The van der Waals surface area contributed by atoms with Gasteiger partial charge in [-0.25, -0.2) is 9.98 Å². The highest BCUT2D eigenvalue weighted by Gasteiger charge is 2.45. The standard InChI is InChI=1S/C14H15ClF3N3O.C12H17N3O.C3H4O.C2H6.CH5N/c1-19-12(20-9-22-8-14(16,17)18)21-13(6-7-13)10-2-4-11(15)5-3-10;1-14-11-6-4-10(5-7-11)12(16)15-9-3-2-8-13;1-3-4-2;2*1-2/h2-5H,1,6-9H2,(H,20,21);4-7H,1-3,8-9,13H2,(H,15,16);1H,2H3;1-2H3;2H2,1H3. The van der Waals surface area contributed by atoms with Crippen LogP contribution in [0.5, 0.6) is 0 Å². The zero-order valence-corrected chi connectivity index (χ0v) is 27.8. The number of aliphatic imine (C=N–C) groups is 3. The van der Waals surface area contributed by atoms with Crippen LogP contribution in [0.4, 0.5) is 18.9 Å². The van der Waals surface area contributed by atoms with Crippen molar-refractivity contribution in [2.45, 2.75) is 51.2 Å². The highest BCUT2D eigenvalue weighted by Crippen LogP contribution is 2.45. The molecule has 1 aliphatic rings. The summed E-state index contributed by atoms with van der Waals surface area (Å²) in [6.07, 6.45) is 5.69. The molecule has 0 spiro atoms. The third kappa shape index (κ3) is 20.1. The number of guanidine groups is 1. The minimum atomic E-state index is -4.37. The number of ether oxygens (including phenoxy) is 2. The summed E-state index contributed by atoms with van der Waals surface area (Å²) in [5.41, 5.74) is 12.0. The van der Waals surface area contributed by atoms with Crippen LogP contribution in [0.2, 0.25) is 5.02 Å². The average Bonchev–Trinajstić information content (AvgIpc) is 3.87. The van der Waals surface area contributed by atoms with Crippen LogP contribution in [0.25, 0.3) is 0 Å². The minimum Gasteiger partial charge on any atom is -0.450 e. The van der Waals surface area contributed by atoms with Crippen LogP contribution in [0, 0.1) is 12.5 Å². The Morgan fingerprint density at radius 1 is 1.09 bits per heavy atom. The van der Waals surface area contributed by atoms with Gasteiger partial charge in [-0.05, 0) is 94.7 Å². The molecule has 0 saturated heterocycles. The Balaban J connectivity index is 0. The number of carbonyl (C=O) groups is 1. The third-order valence-corrected chi connectivity index (χ3v) is 5.82. The first kappa shape index (κ1) is 44.2. The molecule has 6 N–H and O–H groups in total. The number of carbonyl (C=O) groups excluding carboxylic acids is 1. The second-order valence-electron chi connectivity index (χ2n) is 8.73. The SMILES string of the molecule is C#COC.C=N/C(=N\COCC(F)(F)F)NC1(c2ccc(Cl)cc2)CC1.C=Nc1ccc(C(=O)NCCCCN)cc1.CC.CN. The number of amides is 1. The van der Waals surface area contributed by atoms with Gasteiger partial charge < -0.3 is 31.6 Å². The monoisotopic (exact) mass is 669 g/mol.